The molecule has 0 atom stereocenters. The van der Waals surface area contributed by atoms with Gasteiger partial charge in [0.1, 0.15) is 6.10 Å². The Morgan fingerprint density at radius 1 is 1.21 bits per heavy atom. The van der Waals surface area contributed by atoms with Gasteiger partial charge < -0.3 is 15.4 Å². The van der Waals surface area contributed by atoms with Crippen LogP contribution in [0.1, 0.15) is 56.9 Å². The van der Waals surface area contributed by atoms with Gasteiger partial charge in [0.05, 0.1) is 0 Å². The summed E-state index contributed by atoms with van der Waals surface area (Å²) in [4.78, 5) is 8.76. The Hall–Kier alpha value is -1.05. The number of nitrogens with zero attached hydrogens (tertiary/aromatic N) is 2. The first kappa shape index (κ1) is 19.3. The minimum Gasteiger partial charge on any atom is -0.474 e. The minimum atomic E-state index is 0. The monoisotopic (exact) mass is 444 g/mol. The van der Waals surface area contributed by atoms with E-state index in [1.54, 1.807) is 6.20 Å². The zero-order valence-electron chi connectivity index (χ0n) is 14.5. The Morgan fingerprint density at radius 3 is 2.62 bits per heavy atom. The number of aromatic nitrogens is 1. The van der Waals surface area contributed by atoms with Gasteiger partial charge in [-0.1, -0.05) is 18.9 Å². The molecule has 1 aromatic heterocycles. The van der Waals surface area contributed by atoms with Crippen LogP contribution in [0.25, 0.3) is 0 Å². The van der Waals surface area contributed by atoms with Crippen molar-refractivity contribution in [1.29, 1.82) is 0 Å². The van der Waals surface area contributed by atoms with Crippen molar-refractivity contribution in [3.63, 3.8) is 0 Å². The number of aliphatic imine (C=N–C) groups is 1. The van der Waals surface area contributed by atoms with Gasteiger partial charge in [-0.05, 0) is 44.6 Å². The van der Waals surface area contributed by atoms with Crippen LogP contribution in [0.4, 0.5) is 0 Å². The van der Waals surface area contributed by atoms with Crippen LogP contribution >= 0.6 is 24.0 Å². The van der Waals surface area contributed by atoms with Crippen LogP contribution in [0.5, 0.6) is 5.88 Å². The van der Waals surface area contributed by atoms with Crippen LogP contribution in [0.3, 0.4) is 0 Å². The third kappa shape index (κ3) is 5.50. The molecule has 2 aliphatic carbocycles. The highest BCUT2D eigenvalue weighted by Crippen LogP contribution is 2.25. The molecule has 0 saturated heterocycles. The van der Waals surface area contributed by atoms with E-state index in [1.165, 1.54) is 38.5 Å². The molecule has 0 unspecified atom stereocenters. The Kier molecular flexibility index (Phi) is 8.08. The number of guanidine groups is 1. The molecule has 3 rings (SSSR count). The van der Waals surface area contributed by atoms with E-state index >= 15 is 0 Å². The number of hydrogen-bond acceptors (Lipinski definition) is 3. The highest BCUT2D eigenvalue weighted by Gasteiger charge is 2.19. The molecule has 0 spiro atoms. The van der Waals surface area contributed by atoms with E-state index in [9.17, 15) is 0 Å². The van der Waals surface area contributed by atoms with Crippen molar-refractivity contribution < 1.29 is 4.74 Å². The predicted molar refractivity (Wildman–Crippen MR) is 108 cm³/mol. The van der Waals surface area contributed by atoms with Crippen LogP contribution in [-0.4, -0.2) is 30.1 Å². The molecule has 1 heterocycles. The minimum absolute atomic E-state index is 0. The number of halogens is 1. The molecule has 0 bridgehead atoms. The van der Waals surface area contributed by atoms with Gasteiger partial charge in [0.25, 0.3) is 0 Å². The average molecular weight is 444 g/mol. The van der Waals surface area contributed by atoms with Gasteiger partial charge in [-0.3, -0.25) is 4.99 Å². The van der Waals surface area contributed by atoms with E-state index in [-0.39, 0.29) is 24.0 Å². The molecule has 24 heavy (non-hydrogen) atoms. The predicted octanol–water partition coefficient (Wildman–Crippen LogP) is 3.63. The molecule has 0 amide bonds. The van der Waals surface area contributed by atoms with Gasteiger partial charge in [0.15, 0.2) is 5.96 Å². The highest BCUT2D eigenvalue weighted by molar-refractivity contribution is 14.0. The summed E-state index contributed by atoms with van der Waals surface area (Å²) < 4.78 is 6.09. The lowest BCUT2D eigenvalue weighted by Gasteiger charge is -2.18. The Labute approximate surface area is 162 Å². The van der Waals surface area contributed by atoms with Gasteiger partial charge >= 0.3 is 0 Å². The van der Waals surface area contributed by atoms with Crippen LogP contribution in [-0.2, 0) is 6.54 Å². The Morgan fingerprint density at radius 2 is 1.92 bits per heavy atom. The molecule has 6 heteroatoms. The van der Waals surface area contributed by atoms with E-state index in [0.29, 0.717) is 18.7 Å². The Bertz CT molecular complexity index is 526. The number of nitrogens with one attached hydrogen (secondary N) is 2. The van der Waals surface area contributed by atoms with Crippen molar-refractivity contribution in [2.45, 2.75) is 70.1 Å². The van der Waals surface area contributed by atoms with E-state index < -0.39 is 0 Å². The van der Waals surface area contributed by atoms with Crippen molar-refractivity contribution in [3.8, 4) is 5.88 Å². The molecule has 1 aromatic rings. The van der Waals surface area contributed by atoms with Gasteiger partial charge in [0.2, 0.25) is 5.88 Å². The van der Waals surface area contributed by atoms with Crippen LogP contribution in [0.15, 0.2) is 23.3 Å². The fourth-order valence-electron chi connectivity index (χ4n) is 3.47. The molecular weight excluding hydrogens is 415 g/mol. The van der Waals surface area contributed by atoms with Crippen molar-refractivity contribution >= 4 is 29.9 Å². The van der Waals surface area contributed by atoms with Crippen molar-refractivity contribution in [2.24, 2.45) is 4.99 Å². The topological polar surface area (TPSA) is 58.5 Å². The smallest absolute Gasteiger partial charge is 0.218 e. The number of hydrogen-bond donors (Lipinski definition) is 2. The first-order valence-corrected chi connectivity index (χ1v) is 8.93. The largest absolute Gasteiger partial charge is 0.474 e. The summed E-state index contributed by atoms with van der Waals surface area (Å²) >= 11 is 0. The molecule has 2 N–H and O–H groups in total. The summed E-state index contributed by atoms with van der Waals surface area (Å²) in [5.74, 6) is 1.63. The van der Waals surface area contributed by atoms with Gasteiger partial charge in [0, 0.05) is 31.4 Å². The normalized spacial score (nSPS) is 19.1. The number of rotatable bonds is 5. The third-order valence-electron chi connectivity index (χ3n) is 4.80. The molecule has 2 saturated carbocycles. The maximum atomic E-state index is 6.09. The first-order chi connectivity index (χ1) is 11.3. The molecule has 5 nitrogen and oxygen atoms in total. The molecule has 134 valence electrons. The van der Waals surface area contributed by atoms with Crippen molar-refractivity contribution in [2.75, 3.05) is 7.05 Å². The number of ether oxygens (including phenoxy) is 1. The van der Waals surface area contributed by atoms with Crippen molar-refractivity contribution in [1.82, 2.24) is 15.6 Å². The van der Waals surface area contributed by atoms with Gasteiger partial charge in [-0.25, -0.2) is 4.98 Å². The summed E-state index contributed by atoms with van der Waals surface area (Å²) in [6.45, 7) is 0.683. The van der Waals surface area contributed by atoms with Crippen molar-refractivity contribution in [3.05, 3.63) is 23.9 Å². The van der Waals surface area contributed by atoms with Crippen LogP contribution in [0, 0.1) is 0 Å². The van der Waals surface area contributed by atoms with E-state index in [4.69, 9.17) is 4.74 Å². The lowest BCUT2D eigenvalue weighted by atomic mass is 10.2. The average Bonchev–Trinajstić information content (AvgIpc) is 3.26. The summed E-state index contributed by atoms with van der Waals surface area (Å²) in [6.07, 6.45) is 12.1. The second kappa shape index (κ2) is 10.1. The zero-order valence-corrected chi connectivity index (χ0v) is 16.8. The SMILES string of the molecule is CN=C(NCc1cccnc1OC1CCCC1)NC1CCCC1.I. The molecular formula is C18H29IN4O. The fraction of sp³-hybridized carbons (Fsp3) is 0.667. The standard InChI is InChI=1S/C18H28N4O.HI/c1-19-18(22-15-8-2-3-9-15)21-13-14-7-6-12-20-17(14)23-16-10-4-5-11-16;/h6-7,12,15-16H,2-5,8-11,13H2,1H3,(H2,19,21,22);1H. The third-order valence-corrected chi connectivity index (χ3v) is 4.80. The van der Waals surface area contributed by atoms with Crippen LogP contribution < -0.4 is 15.4 Å². The molecule has 2 aliphatic rings. The molecule has 0 aromatic carbocycles. The fourth-order valence-corrected chi connectivity index (χ4v) is 3.47. The number of pyridine rings is 1. The lowest BCUT2D eigenvalue weighted by molar-refractivity contribution is 0.199. The molecule has 0 radical (unpaired) electrons. The van der Waals surface area contributed by atoms with E-state index in [2.05, 4.69) is 26.7 Å². The Balaban J connectivity index is 0.00000208. The summed E-state index contributed by atoms with van der Waals surface area (Å²) in [5.41, 5.74) is 1.09. The zero-order chi connectivity index (χ0) is 15.9. The van der Waals surface area contributed by atoms with Gasteiger partial charge in [-0.15, -0.1) is 24.0 Å². The van der Waals surface area contributed by atoms with E-state index in [0.717, 1.165) is 30.2 Å². The van der Waals surface area contributed by atoms with Gasteiger partial charge in [-0.2, -0.15) is 0 Å². The maximum Gasteiger partial charge on any atom is 0.218 e. The summed E-state index contributed by atoms with van der Waals surface area (Å²) in [7, 11) is 1.82. The highest BCUT2D eigenvalue weighted by atomic mass is 127. The first-order valence-electron chi connectivity index (χ1n) is 8.93. The maximum absolute atomic E-state index is 6.09. The second-order valence-electron chi connectivity index (χ2n) is 6.54. The summed E-state index contributed by atoms with van der Waals surface area (Å²) in [6, 6.07) is 4.60. The quantitative estimate of drug-likeness (QED) is 0.414. The second-order valence-corrected chi connectivity index (χ2v) is 6.54. The molecule has 2 fully saturated rings. The van der Waals surface area contributed by atoms with E-state index in [1.807, 2.05) is 13.1 Å². The molecule has 0 aliphatic heterocycles. The van der Waals surface area contributed by atoms with Crippen LogP contribution in [0.2, 0.25) is 0 Å². The summed E-state index contributed by atoms with van der Waals surface area (Å²) in [5, 5.41) is 6.90. The lowest BCUT2D eigenvalue weighted by Crippen LogP contribution is -2.42.